The molecule has 0 saturated carbocycles. The molecule has 0 aliphatic carbocycles. The molecular weight excluding hydrogens is 457 g/mol. The molecule has 2 N–H and O–H groups in total. The number of hydrogen-bond donors (Lipinski definition) is 2. The van der Waals surface area contributed by atoms with Crippen LogP contribution in [0.3, 0.4) is 0 Å². The Morgan fingerprint density at radius 2 is 1.30 bits per heavy atom. The summed E-state index contributed by atoms with van der Waals surface area (Å²) in [6.07, 6.45) is 19.0. The summed E-state index contributed by atoms with van der Waals surface area (Å²) in [5.41, 5.74) is 0. The summed E-state index contributed by atoms with van der Waals surface area (Å²) in [6, 6.07) is 0. The van der Waals surface area contributed by atoms with E-state index >= 15 is 0 Å². The summed E-state index contributed by atoms with van der Waals surface area (Å²) in [5.74, 6) is 1.90. The topological polar surface area (TPSA) is 76.0 Å². The summed E-state index contributed by atoms with van der Waals surface area (Å²) in [4.78, 5) is 9.84. The second kappa shape index (κ2) is 21.6. The predicted molar refractivity (Wildman–Crippen MR) is 143 cm³/mol. The molecule has 0 amide bonds. The largest absolute Gasteiger partial charge is 0.472 e. The quantitative estimate of drug-likeness (QED) is 0.0797. The van der Waals surface area contributed by atoms with E-state index in [2.05, 4.69) is 6.92 Å². The summed E-state index contributed by atoms with van der Waals surface area (Å²) in [7, 11) is 1.83. The van der Waals surface area contributed by atoms with Crippen LogP contribution in [0.5, 0.6) is 0 Å². The van der Waals surface area contributed by atoms with Crippen LogP contribution in [0.4, 0.5) is 0 Å². The van der Waals surface area contributed by atoms with Crippen LogP contribution in [0, 0.1) is 0 Å². The first-order chi connectivity index (χ1) is 15.7. The number of aliphatic hydroxyl groups is 1. The van der Waals surface area contributed by atoms with E-state index in [1.54, 1.807) is 0 Å². The van der Waals surface area contributed by atoms with Crippen molar-refractivity contribution < 1.29 is 28.1 Å². The molecule has 33 heavy (non-hydrogen) atoms. The molecule has 0 radical (unpaired) electrons. The molecule has 0 aromatic rings. The molecule has 200 valence electrons. The normalized spacial score (nSPS) is 15.0. The maximum absolute atomic E-state index is 12.0. The van der Waals surface area contributed by atoms with Crippen molar-refractivity contribution >= 4 is 19.6 Å². The standard InChI is InChI=1S/C25H54NO5PS/c1-5-6-7-8-9-10-11-12-13-14-15-16-17-18-22-33-23-19-25(24-27)31-32(28,29)30-21-20-26(2,3)4/h25,27H,5-24H2,1-4H3/p+1. The summed E-state index contributed by atoms with van der Waals surface area (Å²) in [6.45, 7) is 2.74. The van der Waals surface area contributed by atoms with Gasteiger partial charge in [-0.1, -0.05) is 90.4 Å². The van der Waals surface area contributed by atoms with E-state index in [1.165, 1.54) is 89.9 Å². The predicted octanol–water partition coefficient (Wildman–Crippen LogP) is 6.79. The molecular formula is C25H55NO5PS+. The number of likely N-dealkylation sites (N-methyl/N-ethyl adjacent to an activating group) is 1. The number of hydrogen-bond acceptors (Lipinski definition) is 5. The maximum Gasteiger partial charge on any atom is 0.472 e. The van der Waals surface area contributed by atoms with Crippen molar-refractivity contribution in [2.75, 3.05) is 52.4 Å². The van der Waals surface area contributed by atoms with Gasteiger partial charge in [-0.15, -0.1) is 0 Å². The van der Waals surface area contributed by atoms with Crippen molar-refractivity contribution in [3.63, 3.8) is 0 Å². The number of rotatable bonds is 25. The Balaban J connectivity index is 3.52. The Morgan fingerprint density at radius 3 is 1.76 bits per heavy atom. The third-order valence-electron chi connectivity index (χ3n) is 5.73. The number of thioether (sulfide) groups is 1. The van der Waals surface area contributed by atoms with Gasteiger partial charge in [0.2, 0.25) is 0 Å². The van der Waals surface area contributed by atoms with Gasteiger partial charge in [0.05, 0.1) is 33.9 Å². The summed E-state index contributed by atoms with van der Waals surface area (Å²) in [5, 5.41) is 9.45. The molecule has 0 saturated heterocycles. The van der Waals surface area contributed by atoms with Crippen molar-refractivity contribution in [1.82, 2.24) is 0 Å². The van der Waals surface area contributed by atoms with Crippen LogP contribution in [0.1, 0.15) is 103 Å². The van der Waals surface area contributed by atoms with Gasteiger partial charge < -0.3 is 14.5 Å². The Kier molecular flexibility index (Phi) is 21.9. The molecule has 0 aliphatic rings. The van der Waals surface area contributed by atoms with Gasteiger partial charge in [0, 0.05) is 0 Å². The van der Waals surface area contributed by atoms with E-state index in [1.807, 2.05) is 32.9 Å². The van der Waals surface area contributed by atoms with Crippen LogP contribution < -0.4 is 0 Å². The highest BCUT2D eigenvalue weighted by Crippen LogP contribution is 2.45. The van der Waals surface area contributed by atoms with E-state index in [0.29, 0.717) is 17.4 Å². The van der Waals surface area contributed by atoms with E-state index in [-0.39, 0.29) is 13.2 Å². The second-order valence-electron chi connectivity index (χ2n) is 10.2. The van der Waals surface area contributed by atoms with Crippen LogP contribution in [-0.2, 0) is 13.6 Å². The van der Waals surface area contributed by atoms with Gasteiger partial charge in [-0.05, 0) is 24.3 Å². The molecule has 0 heterocycles. The van der Waals surface area contributed by atoms with Gasteiger partial charge in [-0.25, -0.2) is 4.57 Å². The lowest BCUT2D eigenvalue weighted by Crippen LogP contribution is -2.37. The fraction of sp³-hybridized carbons (Fsp3) is 1.00. The van der Waals surface area contributed by atoms with Crippen LogP contribution in [-0.4, -0.2) is 73.0 Å². The Morgan fingerprint density at radius 1 is 0.818 bits per heavy atom. The smallest absolute Gasteiger partial charge is 0.394 e. The Bertz CT molecular complexity index is 476. The van der Waals surface area contributed by atoms with Crippen molar-refractivity contribution in [2.45, 2.75) is 109 Å². The highest BCUT2D eigenvalue weighted by molar-refractivity contribution is 7.99. The first-order valence-electron chi connectivity index (χ1n) is 13.3. The van der Waals surface area contributed by atoms with Gasteiger partial charge >= 0.3 is 7.82 Å². The number of unbranched alkanes of at least 4 members (excludes halogenated alkanes) is 13. The molecule has 0 aliphatic heterocycles. The van der Waals surface area contributed by atoms with Crippen molar-refractivity contribution in [3.8, 4) is 0 Å². The Labute approximate surface area is 209 Å². The maximum atomic E-state index is 12.0. The lowest BCUT2D eigenvalue weighted by atomic mass is 10.0. The van der Waals surface area contributed by atoms with E-state index in [0.717, 1.165) is 11.5 Å². The number of quaternary nitrogens is 1. The lowest BCUT2D eigenvalue weighted by molar-refractivity contribution is -0.870. The fourth-order valence-electron chi connectivity index (χ4n) is 3.54. The van der Waals surface area contributed by atoms with Gasteiger partial charge in [0.15, 0.2) is 0 Å². The summed E-state index contributed by atoms with van der Waals surface area (Å²) < 4.78 is 22.9. The molecule has 0 aromatic carbocycles. The first-order valence-corrected chi connectivity index (χ1v) is 16.0. The number of aliphatic hydroxyl groups excluding tert-OH is 1. The molecule has 2 atom stereocenters. The highest BCUT2D eigenvalue weighted by atomic mass is 32.2. The van der Waals surface area contributed by atoms with Gasteiger partial charge in [0.1, 0.15) is 13.2 Å². The van der Waals surface area contributed by atoms with E-state index in [4.69, 9.17) is 9.05 Å². The molecule has 0 bridgehead atoms. The average Bonchev–Trinajstić information content (AvgIpc) is 2.73. The van der Waals surface area contributed by atoms with Gasteiger partial charge in [-0.3, -0.25) is 9.05 Å². The molecule has 2 unspecified atom stereocenters. The zero-order valence-electron chi connectivity index (χ0n) is 22.1. The van der Waals surface area contributed by atoms with E-state index < -0.39 is 13.9 Å². The van der Waals surface area contributed by atoms with Crippen LogP contribution >= 0.6 is 19.6 Å². The number of nitrogens with zero attached hydrogens (tertiary/aromatic N) is 1. The van der Waals surface area contributed by atoms with Crippen LogP contribution in [0.25, 0.3) is 0 Å². The van der Waals surface area contributed by atoms with E-state index in [9.17, 15) is 14.6 Å². The molecule has 0 spiro atoms. The zero-order valence-corrected chi connectivity index (χ0v) is 23.9. The monoisotopic (exact) mass is 512 g/mol. The second-order valence-corrected chi connectivity index (χ2v) is 12.9. The van der Waals surface area contributed by atoms with Crippen molar-refractivity contribution in [3.05, 3.63) is 0 Å². The molecule has 0 fully saturated rings. The third-order valence-corrected chi connectivity index (χ3v) is 7.90. The SMILES string of the molecule is CCCCCCCCCCCCCCCCSCCC(CO)OP(=O)(O)OCC[N+](C)(C)C. The van der Waals surface area contributed by atoms with Gasteiger partial charge in [-0.2, -0.15) is 11.8 Å². The third kappa shape index (κ3) is 25.3. The molecule has 6 nitrogen and oxygen atoms in total. The van der Waals surface area contributed by atoms with Crippen molar-refractivity contribution in [1.29, 1.82) is 0 Å². The zero-order chi connectivity index (χ0) is 24.8. The van der Waals surface area contributed by atoms with Crippen LogP contribution in [0.15, 0.2) is 0 Å². The minimum atomic E-state index is -4.12. The number of phosphoric acid groups is 1. The Hall–Kier alpha value is 0.380. The minimum Gasteiger partial charge on any atom is -0.394 e. The van der Waals surface area contributed by atoms with Gasteiger partial charge in [0.25, 0.3) is 0 Å². The minimum absolute atomic E-state index is 0.142. The molecule has 0 aromatic heterocycles. The summed E-state index contributed by atoms with van der Waals surface area (Å²) >= 11 is 1.82. The molecule has 8 heteroatoms. The first kappa shape index (κ1) is 33.4. The average molecular weight is 513 g/mol. The highest BCUT2D eigenvalue weighted by Gasteiger charge is 2.27. The lowest BCUT2D eigenvalue weighted by Gasteiger charge is -2.24. The number of phosphoric ester groups is 1. The van der Waals surface area contributed by atoms with Crippen LogP contribution in [0.2, 0.25) is 0 Å². The van der Waals surface area contributed by atoms with Crippen molar-refractivity contribution in [2.24, 2.45) is 0 Å². The molecule has 0 rings (SSSR count). The fourth-order valence-corrected chi connectivity index (χ4v) is 5.51.